The number of rotatable bonds is 4. The molecule has 4 aromatic rings. The van der Waals surface area contributed by atoms with Crippen molar-refractivity contribution in [2.75, 3.05) is 5.32 Å². The zero-order valence-corrected chi connectivity index (χ0v) is 18.3. The molecule has 4 rings (SSSR count). The van der Waals surface area contributed by atoms with Crippen LogP contribution < -0.4 is 10.9 Å². The molecule has 1 N–H and O–H groups in total. The molecule has 30 heavy (non-hydrogen) atoms. The first kappa shape index (κ1) is 20.3. The van der Waals surface area contributed by atoms with Gasteiger partial charge < -0.3 is 5.32 Å². The average Bonchev–Trinajstić information content (AvgIpc) is 3.17. The summed E-state index contributed by atoms with van der Waals surface area (Å²) in [5.74, 6) is -0.268. The molecule has 0 aliphatic heterocycles. The number of hydrogen-bond donors (Lipinski definition) is 1. The van der Waals surface area contributed by atoms with E-state index in [0.717, 1.165) is 27.9 Å². The number of nitrogens with one attached hydrogen (secondary N) is 1. The second kappa shape index (κ2) is 8.05. The Kier molecular flexibility index (Phi) is 5.45. The summed E-state index contributed by atoms with van der Waals surface area (Å²) < 4.78 is 1.38. The number of carbonyl (C=O) groups is 1. The van der Waals surface area contributed by atoms with Gasteiger partial charge in [0.25, 0.3) is 5.56 Å². The Hall–Kier alpha value is -2.96. The summed E-state index contributed by atoms with van der Waals surface area (Å²) in [6.45, 7) is 5.65. The van der Waals surface area contributed by atoms with Crippen molar-refractivity contribution in [2.45, 2.75) is 26.8 Å². The van der Waals surface area contributed by atoms with Crippen LogP contribution in [-0.2, 0) is 4.79 Å². The van der Waals surface area contributed by atoms with Crippen LogP contribution in [0.3, 0.4) is 0 Å². The number of halogens is 1. The largest absolute Gasteiger partial charge is 0.324 e. The van der Waals surface area contributed by atoms with Gasteiger partial charge in [0.2, 0.25) is 5.91 Å². The third kappa shape index (κ3) is 3.64. The Morgan fingerprint density at radius 2 is 1.90 bits per heavy atom. The van der Waals surface area contributed by atoms with Crippen LogP contribution in [0.25, 0.3) is 21.3 Å². The molecule has 0 spiro atoms. The highest BCUT2D eigenvalue weighted by Gasteiger charge is 2.21. The van der Waals surface area contributed by atoms with Gasteiger partial charge in [-0.05, 0) is 55.7 Å². The van der Waals surface area contributed by atoms with Gasteiger partial charge in [-0.3, -0.25) is 14.2 Å². The minimum absolute atomic E-state index is 0.241. The van der Waals surface area contributed by atoms with Crippen molar-refractivity contribution in [3.05, 3.63) is 80.7 Å². The summed E-state index contributed by atoms with van der Waals surface area (Å²) in [7, 11) is 0. The highest BCUT2D eigenvalue weighted by molar-refractivity contribution is 7.17. The minimum atomic E-state index is -0.715. The molecule has 0 saturated heterocycles. The maximum absolute atomic E-state index is 13.3. The van der Waals surface area contributed by atoms with Crippen molar-refractivity contribution in [3.63, 3.8) is 0 Å². The van der Waals surface area contributed by atoms with Crippen LogP contribution in [-0.4, -0.2) is 15.5 Å². The fourth-order valence-electron chi connectivity index (χ4n) is 3.31. The van der Waals surface area contributed by atoms with Crippen molar-refractivity contribution >= 4 is 44.7 Å². The summed E-state index contributed by atoms with van der Waals surface area (Å²) in [5, 5.41) is 5.98. The van der Waals surface area contributed by atoms with Gasteiger partial charge >= 0.3 is 0 Å². The molecule has 2 aromatic carbocycles. The second-order valence-corrected chi connectivity index (χ2v) is 8.50. The Morgan fingerprint density at radius 3 is 2.63 bits per heavy atom. The summed E-state index contributed by atoms with van der Waals surface area (Å²) >= 11 is 7.40. The molecule has 1 unspecified atom stereocenters. The number of anilines is 1. The number of aryl methyl sites for hydroxylation is 1. The average molecular weight is 438 g/mol. The predicted molar refractivity (Wildman–Crippen MR) is 124 cm³/mol. The zero-order chi connectivity index (χ0) is 21.4. The lowest BCUT2D eigenvalue weighted by atomic mass is 10.1. The topological polar surface area (TPSA) is 64.0 Å². The highest BCUT2D eigenvalue weighted by Crippen LogP contribution is 2.31. The van der Waals surface area contributed by atoms with Crippen LogP contribution in [0.15, 0.2) is 59.0 Å². The number of fused-ring (bicyclic) bond motifs is 1. The Labute approximate surface area is 183 Å². The molecule has 152 valence electrons. The molecular weight excluding hydrogens is 418 g/mol. The van der Waals surface area contributed by atoms with E-state index in [4.69, 9.17) is 11.6 Å². The van der Waals surface area contributed by atoms with E-state index in [2.05, 4.69) is 10.3 Å². The smallest absolute Gasteiger partial charge is 0.263 e. The second-order valence-electron chi connectivity index (χ2n) is 7.21. The van der Waals surface area contributed by atoms with Crippen molar-refractivity contribution in [3.8, 4) is 11.1 Å². The third-order valence-electron chi connectivity index (χ3n) is 5.33. The molecule has 1 amide bonds. The lowest BCUT2D eigenvalue weighted by molar-refractivity contribution is -0.118. The summed E-state index contributed by atoms with van der Waals surface area (Å²) in [5.41, 5.74) is 4.27. The molecule has 0 radical (unpaired) electrons. The van der Waals surface area contributed by atoms with Crippen LogP contribution in [0.5, 0.6) is 0 Å². The molecule has 0 aliphatic rings. The fraction of sp³-hybridized carbons (Fsp3) is 0.174. The SMILES string of the molecule is Cc1cccc(NC(=O)C(C)n2cnc3scc(-c4ccc(Cl)cc4)c3c2=O)c1C. The van der Waals surface area contributed by atoms with Crippen LogP contribution in [0, 0.1) is 13.8 Å². The maximum atomic E-state index is 13.3. The van der Waals surface area contributed by atoms with Crippen LogP contribution >= 0.6 is 22.9 Å². The van der Waals surface area contributed by atoms with Crippen molar-refractivity contribution in [2.24, 2.45) is 0 Å². The number of hydrogen-bond acceptors (Lipinski definition) is 4. The van der Waals surface area contributed by atoms with Crippen LogP contribution in [0.1, 0.15) is 24.1 Å². The highest BCUT2D eigenvalue weighted by atomic mass is 35.5. The third-order valence-corrected chi connectivity index (χ3v) is 6.47. The summed E-state index contributed by atoms with van der Waals surface area (Å²) in [4.78, 5) is 31.2. The van der Waals surface area contributed by atoms with E-state index in [0.29, 0.717) is 15.2 Å². The van der Waals surface area contributed by atoms with Gasteiger partial charge in [-0.15, -0.1) is 11.3 Å². The van der Waals surface area contributed by atoms with Crippen molar-refractivity contribution in [1.82, 2.24) is 9.55 Å². The molecule has 0 aliphatic carbocycles. The van der Waals surface area contributed by atoms with Crippen LogP contribution in [0.4, 0.5) is 5.69 Å². The molecule has 0 saturated carbocycles. The van der Waals surface area contributed by atoms with E-state index in [-0.39, 0.29) is 11.5 Å². The van der Waals surface area contributed by atoms with E-state index in [1.54, 1.807) is 19.1 Å². The van der Waals surface area contributed by atoms with Gasteiger partial charge in [-0.25, -0.2) is 4.98 Å². The zero-order valence-electron chi connectivity index (χ0n) is 16.8. The van der Waals surface area contributed by atoms with Crippen LogP contribution in [0.2, 0.25) is 5.02 Å². The monoisotopic (exact) mass is 437 g/mol. The Balaban J connectivity index is 1.72. The van der Waals surface area contributed by atoms with E-state index in [9.17, 15) is 9.59 Å². The van der Waals surface area contributed by atoms with Crippen molar-refractivity contribution < 1.29 is 4.79 Å². The molecule has 2 aromatic heterocycles. The van der Waals surface area contributed by atoms with E-state index in [1.807, 2.05) is 49.6 Å². The van der Waals surface area contributed by atoms with Gasteiger partial charge in [-0.2, -0.15) is 0 Å². The predicted octanol–water partition coefficient (Wildman–Crippen LogP) is 5.59. The lowest BCUT2D eigenvalue weighted by Gasteiger charge is -2.16. The number of carbonyl (C=O) groups excluding carboxylic acids is 1. The fourth-order valence-corrected chi connectivity index (χ4v) is 4.35. The van der Waals surface area contributed by atoms with Gasteiger partial charge in [0.15, 0.2) is 0 Å². The molecule has 7 heteroatoms. The number of amides is 1. The standard InChI is InChI=1S/C23H20ClN3O2S/c1-13-5-4-6-19(14(13)2)26-21(28)15(3)27-12-25-22-20(23(27)29)18(11-30-22)16-7-9-17(24)10-8-16/h4-12,15H,1-3H3,(H,26,28). The quantitative estimate of drug-likeness (QED) is 0.452. The number of thiophene rings is 1. The Morgan fingerprint density at radius 1 is 1.17 bits per heavy atom. The molecule has 0 bridgehead atoms. The molecule has 0 fully saturated rings. The summed E-state index contributed by atoms with van der Waals surface area (Å²) in [6.07, 6.45) is 1.44. The minimum Gasteiger partial charge on any atom is -0.324 e. The first-order chi connectivity index (χ1) is 14.4. The molecular formula is C23H20ClN3O2S. The van der Waals surface area contributed by atoms with E-state index in [1.165, 1.54) is 22.2 Å². The summed E-state index contributed by atoms with van der Waals surface area (Å²) in [6, 6.07) is 12.3. The Bertz CT molecular complexity index is 1310. The molecule has 1 atom stereocenters. The first-order valence-corrected chi connectivity index (χ1v) is 10.7. The van der Waals surface area contributed by atoms with Gasteiger partial charge in [0, 0.05) is 21.7 Å². The number of benzene rings is 2. The number of aromatic nitrogens is 2. The van der Waals surface area contributed by atoms with E-state index < -0.39 is 6.04 Å². The maximum Gasteiger partial charge on any atom is 0.263 e. The van der Waals surface area contributed by atoms with E-state index >= 15 is 0 Å². The van der Waals surface area contributed by atoms with Gasteiger partial charge in [0.1, 0.15) is 10.9 Å². The van der Waals surface area contributed by atoms with Gasteiger partial charge in [-0.1, -0.05) is 35.9 Å². The molecule has 2 heterocycles. The normalized spacial score (nSPS) is 12.1. The first-order valence-electron chi connectivity index (χ1n) is 9.48. The number of nitrogens with zero attached hydrogens (tertiary/aromatic N) is 2. The van der Waals surface area contributed by atoms with Gasteiger partial charge in [0.05, 0.1) is 11.7 Å². The van der Waals surface area contributed by atoms with Crippen molar-refractivity contribution in [1.29, 1.82) is 0 Å². The molecule has 5 nitrogen and oxygen atoms in total. The lowest BCUT2D eigenvalue weighted by Crippen LogP contribution is -2.32.